The van der Waals surface area contributed by atoms with Crippen LogP contribution in [0.2, 0.25) is 18.1 Å². The van der Waals surface area contributed by atoms with Gasteiger partial charge in [-0.25, -0.2) is 0 Å². The third-order valence-electron chi connectivity index (χ3n) is 8.67. The van der Waals surface area contributed by atoms with Gasteiger partial charge in [-0.15, -0.1) is 0 Å². The minimum atomic E-state index is -1.68. The average molecular weight is 365 g/mol. The number of carbonyl (C=O) groups excluding carboxylic acids is 1. The molecule has 0 amide bonds. The van der Waals surface area contributed by atoms with Gasteiger partial charge in [-0.1, -0.05) is 34.6 Å². The predicted octanol–water partition coefficient (Wildman–Crippen LogP) is 6.21. The lowest BCUT2D eigenvalue weighted by Gasteiger charge is -2.57. The Morgan fingerprint density at radius 1 is 1.08 bits per heavy atom. The fourth-order valence-corrected chi connectivity index (χ4v) is 7.27. The number of hydrogen-bond acceptors (Lipinski definition) is 2. The molecule has 3 heteroatoms. The second kappa shape index (κ2) is 6.47. The summed E-state index contributed by atoms with van der Waals surface area (Å²) >= 11 is 0. The van der Waals surface area contributed by atoms with Gasteiger partial charge in [0.2, 0.25) is 0 Å². The van der Waals surface area contributed by atoms with Crippen molar-refractivity contribution in [3.05, 3.63) is 0 Å². The third-order valence-corrected chi connectivity index (χ3v) is 13.2. The van der Waals surface area contributed by atoms with E-state index in [0.717, 1.165) is 18.8 Å². The van der Waals surface area contributed by atoms with E-state index in [1.54, 1.807) is 0 Å². The average Bonchev–Trinajstić information content (AvgIpc) is 2.50. The summed E-state index contributed by atoms with van der Waals surface area (Å²) in [5, 5.41) is 0.289. The van der Waals surface area contributed by atoms with Crippen molar-refractivity contribution >= 4 is 14.1 Å². The maximum absolute atomic E-state index is 12.7. The van der Waals surface area contributed by atoms with Gasteiger partial charge >= 0.3 is 0 Å². The smallest absolute Gasteiger partial charge is 0.192 e. The number of hydrogen-bond donors (Lipinski definition) is 0. The molecule has 0 aromatic heterocycles. The highest BCUT2D eigenvalue weighted by molar-refractivity contribution is 6.74. The second-order valence-corrected chi connectivity index (χ2v) is 15.9. The molecule has 0 aromatic rings. The van der Waals surface area contributed by atoms with Gasteiger partial charge in [-0.05, 0) is 80.3 Å². The summed E-state index contributed by atoms with van der Waals surface area (Å²) in [5.41, 5.74) is 0.381. The molecule has 6 atom stereocenters. The lowest BCUT2D eigenvalue weighted by atomic mass is 9.48. The molecule has 144 valence electrons. The zero-order chi connectivity index (χ0) is 18.6. The number of ketones is 1. The SMILES string of the molecule is CC1CCC2C(CCC3CC(O[Si](C)(C)C(C)(C)C)CCC32C)C1=O. The van der Waals surface area contributed by atoms with Gasteiger partial charge in [0.1, 0.15) is 5.78 Å². The molecular weight excluding hydrogens is 324 g/mol. The van der Waals surface area contributed by atoms with Gasteiger partial charge in [0.15, 0.2) is 8.32 Å². The minimum Gasteiger partial charge on any atom is -0.414 e. The number of rotatable bonds is 2. The van der Waals surface area contributed by atoms with E-state index in [0.29, 0.717) is 35.1 Å². The van der Waals surface area contributed by atoms with Gasteiger partial charge in [0.25, 0.3) is 0 Å². The van der Waals surface area contributed by atoms with Crippen molar-refractivity contribution in [1.82, 2.24) is 0 Å². The monoisotopic (exact) mass is 364 g/mol. The molecule has 0 aliphatic heterocycles. The van der Waals surface area contributed by atoms with Gasteiger partial charge in [0.05, 0.1) is 0 Å². The van der Waals surface area contributed by atoms with Crippen LogP contribution in [0.5, 0.6) is 0 Å². The van der Waals surface area contributed by atoms with E-state index in [2.05, 4.69) is 47.7 Å². The van der Waals surface area contributed by atoms with E-state index in [1.165, 1.54) is 32.1 Å². The summed E-state index contributed by atoms with van der Waals surface area (Å²) in [7, 11) is -1.68. The second-order valence-electron chi connectivity index (χ2n) is 11.1. The van der Waals surface area contributed by atoms with Gasteiger partial charge in [-0.3, -0.25) is 4.79 Å². The van der Waals surface area contributed by atoms with Crippen LogP contribution in [0.4, 0.5) is 0 Å². The van der Waals surface area contributed by atoms with Crippen LogP contribution in [0.25, 0.3) is 0 Å². The number of Topliss-reactive ketones (excluding diaryl/α,β-unsaturated/α-hetero) is 1. The molecular formula is C22H40O2Si. The van der Waals surface area contributed by atoms with E-state index >= 15 is 0 Å². The topological polar surface area (TPSA) is 26.3 Å². The summed E-state index contributed by atoms with van der Waals surface area (Å²) in [4.78, 5) is 12.7. The highest BCUT2D eigenvalue weighted by Gasteiger charge is 2.54. The van der Waals surface area contributed by atoms with Crippen molar-refractivity contribution in [2.75, 3.05) is 0 Å². The Morgan fingerprint density at radius 3 is 2.40 bits per heavy atom. The molecule has 25 heavy (non-hydrogen) atoms. The largest absolute Gasteiger partial charge is 0.414 e. The van der Waals surface area contributed by atoms with Crippen LogP contribution in [0.3, 0.4) is 0 Å². The Bertz CT molecular complexity index is 521. The standard InChI is InChI=1S/C22H40O2Si/c1-15-8-11-19-18(20(15)23)10-9-16-14-17(12-13-22(16,19)5)24-25(6,7)21(2,3)4/h15-19H,8-14H2,1-7H3. The molecule has 3 rings (SSSR count). The molecule has 3 aliphatic rings. The zero-order valence-electron chi connectivity index (χ0n) is 17.7. The minimum absolute atomic E-state index is 0.289. The van der Waals surface area contributed by atoms with Crippen LogP contribution >= 0.6 is 0 Å². The lowest BCUT2D eigenvalue weighted by Crippen LogP contribution is -2.54. The molecule has 3 fully saturated rings. The first-order valence-electron chi connectivity index (χ1n) is 10.7. The summed E-state index contributed by atoms with van der Waals surface area (Å²) < 4.78 is 6.78. The van der Waals surface area contributed by atoms with Crippen LogP contribution in [-0.4, -0.2) is 20.2 Å². The summed E-state index contributed by atoms with van der Waals surface area (Å²) in [6, 6.07) is 0. The van der Waals surface area contributed by atoms with Crippen molar-refractivity contribution in [2.24, 2.45) is 29.1 Å². The molecule has 0 heterocycles. The van der Waals surface area contributed by atoms with E-state index in [4.69, 9.17) is 4.43 Å². The van der Waals surface area contributed by atoms with E-state index in [9.17, 15) is 4.79 Å². The van der Waals surface area contributed by atoms with Crippen LogP contribution in [0.15, 0.2) is 0 Å². The van der Waals surface area contributed by atoms with Crippen molar-refractivity contribution in [3.8, 4) is 0 Å². The molecule has 3 saturated carbocycles. The number of carbonyl (C=O) groups is 1. The summed E-state index contributed by atoms with van der Waals surface area (Å²) in [6.45, 7) is 16.5. The normalized spacial score (nSPS) is 42.7. The number of fused-ring (bicyclic) bond motifs is 3. The van der Waals surface area contributed by atoms with Gasteiger partial charge in [-0.2, -0.15) is 0 Å². The highest BCUT2D eigenvalue weighted by atomic mass is 28.4. The maximum Gasteiger partial charge on any atom is 0.192 e. The third kappa shape index (κ3) is 3.40. The molecule has 0 spiro atoms. The molecule has 0 bridgehead atoms. The summed E-state index contributed by atoms with van der Waals surface area (Å²) in [6.07, 6.45) is 8.93. The van der Waals surface area contributed by atoms with Crippen molar-refractivity contribution in [1.29, 1.82) is 0 Å². The first kappa shape index (κ1) is 19.6. The molecule has 0 saturated heterocycles. The molecule has 3 aliphatic carbocycles. The zero-order valence-corrected chi connectivity index (χ0v) is 18.7. The van der Waals surface area contributed by atoms with Crippen LogP contribution < -0.4 is 0 Å². The predicted molar refractivity (Wildman–Crippen MR) is 107 cm³/mol. The molecule has 2 nitrogen and oxygen atoms in total. The first-order chi connectivity index (χ1) is 11.5. The Kier molecular flexibility index (Phi) is 5.08. The Morgan fingerprint density at radius 2 is 1.76 bits per heavy atom. The van der Waals surface area contributed by atoms with E-state index in [1.807, 2.05) is 0 Å². The Hall–Kier alpha value is -0.153. The van der Waals surface area contributed by atoms with Crippen molar-refractivity contribution in [2.45, 2.75) is 104 Å². The molecule has 0 aromatic carbocycles. The van der Waals surface area contributed by atoms with Gasteiger partial charge in [0, 0.05) is 17.9 Å². The Labute approximate surface area is 156 Å². The first-order valence-corrected chi connectivity index (χ1v) is 13.6. The molecule has 6 unspecified atom stereocenters. The fraction of sp³-hybridized carbons (Fsp3) is 0.955. The van der Waals surface area contributed by atoms with Crippen LogP contribution in [0.1, 0.15) is 79.6 Å². The van der Waals surface area contributed by atoms with E-state index in [-0.39, 0.29) is 5.04 Å². The van der Waals surface area contributed by atoms with Gasteiger partial charge < -0.3 is 4.43 Å². The van der Waals surface area contributed by atoms with Crippen molar-refractivity contribution in [3.63, 3.8) is 0 Å². The van der Waals surface area contributed by atoms with Crippen LogP contribution in [0, 0.1) is 29.1 Å². The van der Waals surface area contributed by atoms with Crippen LogP contribution in [-0.2, 0) is 9.22 Å². The quantitative estimate of drug-likeness (QED) is 0.545. The Balaban J connectivity index is 1.71. The fourth-order valence-electron chi connectivity index (χ4n) is 5.87. The molecule has 0 N–H and O–H groups in total. The highest BCUT2D eigenvalue weighted by Crippen LogP contribution is 2.59. The van der Waals surface area contributed by atoms with E-state index < -0.39 is 8.32 Å². The molecule has 0 radical (unpaired) electrons. The maximum atomic E-state index is 12.7. The summed E-state index contributed by atoms with van der Waals surface area (Å²) in [5.74, 6) is 2.65. The van der Waals surface area contributed by atoms with Crippen molar-refractivity contribution < 1.29 is 9.22 Å². The lowest BCUT2D eigenvalue weighted by molar-refractivity contribution is -0.144.